The van der Waals surface area contributed by atoms with Crippen LogP contribution in [0.4, 0.5) is 0 Å². The van der Waals surface area contributed by atoms with E-state index >= 15 is 0 Å². The van der Waals surface area contributed by atoms with Gasteiger partial charge in [-0.15, -0.1) is 0 Å². The zero-order valence-corrected chi connectivity index (χ0v) is 7.89. The van der Waals surface area contributed by atoms with Gasteiger partial charge in [0.1, 0.15) is 0 Å². The molecule has 70 valence electrons. The molecule has 1 saturated carbocycles. The highest BCUT2D eigenvalue weighted by Crippen LogP contribution is 2.25. The lowest BCUT2D eigenvalue weighted by atomic mass is 9.80. The highest BCUT2D eigenvalue weighted by atomic mass is 32.2. The molecular weight excluding hydrogens is 176 g/mol. The van der Waals surface area contributed by atoms with Crippen LogP contribution >= 0.6 is 0 Å². The highest BCUT2D eigenvalue weighted by molar-refractivity contribution is 7.98. The first kappa shape index (κ1) is 9.54. The lowest BCUT2D eigenvalue weighted by molar-refractivity contribution is -0.125. The second-order valence-corrected chi connectivity index (χ2v) is 5.61. The summed E-state index contributed by atoms with van der Waals surface area (Å²) in [7, 11) is -2.40. The highest BCUT2D eigenvalue weighted by Gasteiger charge is 2.32. The Labute approximate surface area is 72.7 Å². The quantitative estimate of drug-likeness (QED) is 0.554. The Morgan fingerprint density at radius 3 is 2.50 bits per heavy atom. The summed E-state index contributed by atoms with van der Waals surface area (Å²) in [5, 5.41) is 0. The molecule has 4 nitrogen and oxygen atoms in total. The third-order valence-electron chi connectivity index (χ3n) is 1.86. The van der Waals surface area contributed by atoms with E-state index in [1.807, 2.05) is 0 Å². The predicted molar refractivity (Wildman–Crippen MR) is 50.0 cm³/mol. The van der Waals surface area contributed by atoms with Gasteiger partial charge >= 0.3 is 0 Å². The molecule has 0 saturated heterocycles. The van der Waals surface area contributed by atoms with Crippen LogP contribution in [0.3, 0.4) is 0 Å². The van der Waals surface area contributed by atoms with Crippen molar-refractivity contribution >= 4 is 21.5 Å². The molecule has 0 aliphatic heterocycles. The van der Waals surface area contributed by atoms with Crippen molar-refractivity contribution in [3.63, 3.8) is 0 Å². The summed E-state index contributed by atoms with van der Waals surface area (Å²) in [4.78, 5) is 11.2. The number of rotatable bonds is 2. The van der Waals surface area contributed by atoms with Crippen LogP contribution in [-0.2, 0) is 14.5 Å². The fourth-order valence-corrected chi connectivity index (χ4v) is 1.76. The fraction of sp³-hybridized carbons (Fsp3) is 0.714. The molecule has 1 fully saturated rings. The lowest BCUT2D eigenvalue weighted by Gasteiger charge is -2.31. The van der Waals surface area contributed by atoms with Crippen LogP contribution < -0.4 is 10.5 Å². The molecule has 0 bridgehead atoms. The van der Waals surface area contributed by atoms with E-state index in [0.29, 0.717) is 12.8 Å². The Kier molecular flexibility index (Phi) is 2.44. The molecule has 1 amide bonds. The summed E-state index contributed by atoms with van der Waals surface area (Å²) < 4.78 is 13.4. The van der Waals surface area contributed by atoms with Crippen LogP contribution in [0, 0.1) is 5.92 Å². The van der Waals surface area contributed by atoms with Crippen LogP contribution in [0.15, 0.2) is 0 Å². The third-order valence-corrected chi connectivity index (χ3v) is 2.49. The summed E-state index contributed by atoms with van der Waals surface area (Å²) in [6, 6.07) is 0.137. The van der Waals surface area contributed by atoms with Gasteiger partial charge in [-0.1, -0.05) is 0 Å². The van der Waals surface area contributed by atoms with Gasteiger partial charge in [-0.2, -0.15) is 0 Å². The number of carbonyl (C=O) groups excluding carboxylic acids is 1. The SMILES string of the molecule is C=S(C)(=O)NC(=O)C1CC(N)C1. The van der Waals surface area contributed by atoms with E-state index in [4.69, 9.17) is 5.73 Å². The number of carbonyl (C=O) groups is 1. The molecule has 1 unspecified atom stereocenters. The first-order valence-electron chi connectivity index (χ1n) is 3.78. The standard InChI is InChI=1S/C7H14N2O2S/c1-12(2,11)9-7(10)5-3-6(8)4-5/h5-6H,1,3-4,8H2,2H3,(H,9,10,11). The van der Waals surface area contributed by atoms with E-state index < -0.39 is 9.71 Å². The molecule has 0 radical (unpaired) electrons. The maximum Gasteiger partial charge on any atom is 0.234 e. The van der Waals surface area contributed by atoms with E-state index in [2.05, 4.69) is 10.6 Å². The van der Waals surface area contributed by atoms with E-state index in [0.717, 1.165) is 0 Å². The first-order chi connectivity index (χ1) is 5.38. The smallest absolute Gasteiger partial charge is 0.234 e. The molecule has 1 aliphatic rings. The zero-order valence-electron chi connectivity index (χ0n) is 7.08. The summed E-state index contributed by atoms with van der Waals surface area (Å²) in [5.74, 6) is 3.10. The molecule has 12 heavy (non-hydrogen) atoms. The molecule has 5 heteroatoms. The van der Waals surface area contributed by atoms with Crippen LogP contribution in [-0.4, -0.2) is 28.3 Å². The second-order valence-electron chi connectivity index (χ2n) is 3.40. The number of nitrogens with one attached hydrogen (secondary N) is 1. The molecule has 1 aliphatic carbocycles. The minimum atomic E-state index is -2.40. The van der Waals surface area contributed by atoms with Crippen LogP contribution in [0.1, 0.15) is 12.8 Å². The van der Waals surface area contributed by atoms with E-state index in [9.17, 15) is 9.00 Å². The first-order valence-corrected chi connectivity index (χ1v) is 5.91. The minimum absolute atomic E-state index is 0.0532. The number of nitrogens with two attached hydrogens (primary N) is 1. The molecule has 0 spiro atoms. The topological polar surface area (TPSA) is 72.2 Å². The normalized spacial score (nSPS) is 33.2. The number of hydrogen-bond acceptors (Lipinski definition) is 3. The van der Waals surface area contributed by atoms with Crippen molar-refractivity contribution in [2.24, 2.45) is 11.7 Å². The van der Waals surface area contributed by atoms with Gasteiger partial charge in [0, 0.05) is 27.9 Å². The molecule has 1 rings (SSSR count). The molecule has 0 aromatic carbocycles. The van der Waals surface area contributed by atoms with Crippen molar-refractivity contribution in [2.45, 2.75) is 18.9 Å². The van der Waals surface area contributed by atoms with E-state index in [1.165, 1.54) is 6.26 Å². The Bertz CT molecular complexity index is 278. The number of amides is 1. The minimum Gasteiger partial charge on any atom is -0.328 e. The van der Waals surface area contributed by atoms with Gasteiger partial charge in [-0.05, 0) is 18.7 Å². The van der Waals surface area contributed by atoms with Gasteiger partial charge in [0.2, 0.25) is 5.91 Å². The third kappa shape index (κ3) is 2.49. The van der Waals surface area contributed by atoms with Gasteiger partial charge in [0.15, 0.2) is 0 Å². The Balaban J connectivity index is 2.41. The van der Waals surface area contributed by atoms with E-state index in [-0.39, 0.29) is 17.9 Å². The van der Waals surface area contributed by atoms with Crippen LogP contribution in [0.25, 0.3) is 0 Å². The van der Waals surface area contributed by atoms with Crippen molar-refractivity contribution in [1.82, 2.24) is 4.72 Å². The van der Waals surface area contributed by atoms with Crippen molar-refractivity contribution in [3.8, 4) is 0 Å². The Morgan fingerprint density at radius 2 is 2.17 bits per heavy atom. The average molecular weight is 190 g/mol. The van der Waals surface area contributed by atoms with Crippen LogP contribution in [0.5, 0.6) is 0 Å². The second kappa shape index (κ2) is 3.06. The number of hydrogen-bond donors (Lipinski definition) is 2. The average Bonchev–Trinajstić information content (AvgIpc) is 1.76. The maximum absolute atomic E-state index is 11.2. The Hall–Kier alpha value is -0.550. The molecule has 0 heterocycles. The van der Waals surface area contributed by atoms with Gasteiger partial charge in [0.05, 0.1) is 0 Å². The maximum atomic E-state index is 11.2. The summed E-state index contributed by atoms with van der Waals surface area (Å²) in [6.45, 7) is 0. The summed E-state index contributed by atoms with van der Waals surface area (Å²) in [5.41, 5.74) is 5.50. The largest absolute Gasteiger partial charge is 0.328 e. The predicted octanol–water partition coefficient (Wildman–Crippen LogP) is -0.899. The molecule has 3 N–H and O–H groups in total. The molecule has 1 atom stereocenters. The molecule has 0 aromatic rings. The van der Waals surface area contributed by atoms with Gasteiger partial charge in [-0.25, -0.2) is 4.21 Å². The van der Waals surface area contributed by atoms with Crippen molar-refractivity contribution in [2.75, 3.05) is 6.26 Å². The molecular formula is C7H14N2O2S. The van der Waals surface area contributed by atoms with Gasteiger partial charge in [-0.3, -0.25) is 9.52 Å². The van der Waals surface area contributed by atoms with Crippen LogP contribution in [0.2, 0.25) is 0 Å². The van der Waals surface area contributed by atoms with Crippen molar-refractivity contribution in [3.05, 3.63) is 0 Å². The van der Waals surface area contributed by atoms with Gasteiger partial charge < -0.3 is 5.73 Å². The Morgan fingerprint density at radius 1 is 1.67 bits per heavy atom. The summed E-state index contributed by atoms with van der Waals surface area (Å²) >= 11 is 0. The lowest BCUT2D eigenvalue weighted by Crippen LogP contribution is -2.46. The monoisotopic (exact) mass is 190 g/mol. The van der Waals surface area contributed by atoms with E-state index in [1.54, 1.807) is 0 Å². The van der Waals surface area contributed by atoms with Crippen molar-refractivity contribution in [1.29, 1.82) is 0 Å². The zero-order chi connectivity index (χ0) is 9.35. The summed E-state index contributed by atoms with van der Waals surface area (Å²) in [6.07, 6.45) is 2.80. The van der Waals surface area contributed by atoms with Crippen molar-refractivity contribution < 1.29 is 9.00 Å². The molecule has 0 aromatic heterocycles. The van der Waals surface area contributed by atoms with Gasteiger partial charge in [0.25, 0.3) is 0 Å². The fourth-order valence-electron chi connectivity index (χ4n) is 1.17.